The van der Waals surface area contributed by atoms with Crippen LogP contribution in [0.5, 0.6) is 0 Å². The third-order valence-corrected chi connectivity index (χ3v) is 2.98. The van der Waals surface area contributed by atoms with Gasteiger partial charge in [0.05, 0.1) is 11.6 Å². The third-order valence-electron chi connectivity index (χ3n) is 2.77. The molecule has 0 aliphatic heterocycles. The summed E-state index contributed by atoms with van der Waals surface area (Å²) >= 11 is 5.64. The van der Waals surface area contributed by atoms with E-state index in [0.717, 1.165) is 12.5 Å². The Morgan fingerprint density at radius 1 is 1.59 bits per heavy atom. The molecule has 1 aliphatic carbocycles. The lowest BCUT2D eigenvalue weighted by atomic mass is 10.4. The summed E-state index contributed by atoms with van der Waals surface area (Å²) in [7, 11) is 1.79. The number of likely N-dealkylation sites (N-methyl/N-ethyl adjacent to an activating group) is 1. The molecule has 94 valence electrons. The minimum absolute atomic E-state index is 0.310. The van der Waals surface area contributed by atoms with Crippen molar-refractivity contribution in [2.75, 3.05) is 31.7 Å². The van der Waals surface area contributed by atoms with Crippen LogP contribution >= 0.6 is 11.6 Å². The van der Waals surface area contributed by atoms with Crippen molar-refractivity contribution < 1.29 is 9.13 Å². The minimum Gasteiger partial charge on any atom is -0.379 e. The number of halogens is 2. The number of nitrogens with zero attached hydrogens (tertiary/aromatic N) is 2. The van der Waals surface area contributed by atoms with Gasteiger partial charge in [0.2, 0.25) is 0 Å². The molecular weight excluding hydrogens is 243 g/mol. The summed E-state index contributed by atoms with van der Waals surface area (Å²) in [6.07, 6.45) is 4.01. The summed E-state index contributed by atoms with van der Waals surface area (Å²) in [5, 5.41) is 0.310. The summed E-state index contributed by atoms with van der Waals surface area (Å²) < 4.78 is 19.0. The van der Waals surface area contributed by atoms with E-state index in [4.69, 9.17) is 16.3 Å². The maximum absolute atomic E-state index is 13.5. The first kappa shape index (κ1) is 12.6. The van der Waals surface area contributed by atoms with Gasteiger partial charge in [0.15, 0.2) is 11.6 Å². The van der Waals surface area contributed by atoms with Crippen molar-refractivity contribution in [1.29, 1.82) is 0 Å². The fraction of sp³-hybridized carbons (Fsp3) is 0.583. The van der Waals surface area contributed by atoms with Crippen LogP contribution in [0, 0.1) is 11.7 Å². The van der Waals surface area contributed by atoms with Crippen LogP contribution in [0.15, 0.2) is 12.3 Å². The Bertz CT molecular complexity index is 385. The van der Waals surface area contributed by atoms with E-state index in [1.54, 1.807) is 11.9 Å². The SMILES string of the molecule is CN(CCOCC1CC1)c1ncc(Cl)cc1F. The van der Waals surface area contributed by atoms with Gasteiger partial charge >= 0.3 is 0 Å². The van der Waals surface area contributed by atoms with Crippen molar-refractivity contribution in [2.24, 2.45) is 5.92 Å². The Hall–Kier alpha value is -0.870. The molecule has 0 radical (unpaired) electrons. The molecule has 1 fully saturated rings. The van der Waals surface area contributed by atoms with E-state index in [1.807, 2.05) is 0 Å². The van der Waals surface area contributed by atoms with Crippen molar-refractivity contribution in [1.82, 2.24) is 4.98 Å². The summed E-state index contributed by atoms with van der Waals surface area (Å²) in [5.41, 5.74) is 0. The van der Waals surface area contributed by atoms with Gasteiger partial charge in [-0.3, -0.25) is 0 Å². The molecule has 1 heterocycles. The molecule has 1 aliphatic rings. The molecule has 3 nitrogen and oxygen atoms in total. The molecule has 0 bridgehead atoms. The molecule has 0 amide bonds. The molecular formula is C12H16ClFN2O. The van der Waals surface area contributed by atoms with E-state index in [9.17, 15) is 4.39 Å². The van der Waals surface area contributed by atoms with Crippen molar-refractivity contribution in [3.8, 4) is 0 Å². The predicted molar refractivity (Wildman–Crippen MR) is 66.0 cm³/mol. The quantitative estimate of drug-likeness (QED) is 0.734. The second kappa shape index (κ2) is 5.65. The largest absolute Gasteiger partial charge is 0.379 e. The first-order valence-electron chi connectivity index (χ1n) is 5.76. The number of aromatic nitrogens is 1. The molecule has 0 saturated heterocycles. The van der Waals surface area contributed by atoms with Gasteiger partial charge in [-0.15, -0.1) is 0 Å². The fourth-order valence-corrected chi connectivity index (χ4v) is 1.67. The molecule has 5 heteroatoms. The van der Waals surface area contributed by atoms with Crippen LogP contribution in [-0.4, -0.2) is 31.8 Å². The van der Waals surface area contributed by atoms with Crippen molar-refractivity contribution in [2.45, 2.75) is 12.8 Å². The van der Waals surface area contributed by atoms with Gasteiger partial charge in [0, 0.05) is 26.4 Å². The van der Waals surface area contributed by atoms with Gasteiger partial charge in [-0.25, -0.2) is 9.37 Å². The summed E-state index contributed by atoms with van der Waals surface area (Å²) in [6, 6.07) is 1.27. The van der Waals surface area contributed by atoms with E-state index in [2.05, 4.69) is 4.98 Å². The van der Waals surface area contributed by atoms with Crippen molar-refractivity contribution in [3.05, 3.63) is 23.1 Å². The lowest BCUT2D eigenvalue weighted by molar-refractivity contribution is 0.130. The van der Waals surface area contributed by atoms with E-state index >= 15 is 0 Å². The maximum Gasteiger partial charge on any atom is 0.167 e. The van der Waals surface area contributed by atoms with E-state index < -0.39 is 5.82 Å². The summed E-state index contributed by atoms with van der Waals surface area (Å²) in [4.78, 5) is 5.70. The molecule has 1 aromatic rings. The van der Waals surface area contributed by atoms with Crippen LogP contribution in [0.25, 0.3) is 0 Å². The minimum atomic E-state index is -0.401. The second-order valence-electron chi connectivity index (χ2n) is 4.40. The number of ether oxygens (including phenoxy) is 1. The average molecular weight is 259 g/mol. The molecule has 2 rings (SSSR count). The van der Waals surface area contributed by atoms with Crippen LogP contribution < -0.4 is 4.90 Å². The first-order valence-corrected chi connectivity index (χ1v) is 6.14. The van der Waals surface area contributed by atoms with Crippen LogP contribution in [0.3, 0.4) is 0 Å². The Kier molecular flexibility index (Phi) is 4.18. The Morgan fingerprint density at radius 3 is 3.00 bits per heavy atom. The molecule has 0 N–H and O–H groups in total. The molecule has 0 unspecified atom stereocenters. The topological polar surface area (TPSA) is 25.4 Å². The average Bonchev–Trinajstić information content (AvgIpc) is 3.08. The first-order chi connectivity index (χ1) is 8.16. The van der Waals surface area contributed by atoms with Gasteiger partial charge in [0.1, 0.15) is 0 Å². The standard InChI is InChI=1S/C12H16ClFN2O/c1-16(4-5-17-8-9-2-3-9)12-11(14)6-10(13)7-15-12/h6-7,9H,2-5,8H2,1H3. The Morgan fingerprint density at radius 2 is 2.35 bits per heavy atom. The lowest BCUT2D eigenvalue weighted by Gasteiger charge is -2.18. The van der Waals surface area contributed by atoms with Crippen LogP contribution in [0.2, 0.25) is 5.02 Å². The maximum atomic E-state index is 13.5. The predicted octanol–water partition coefficient (Wildman–Crippen LogP) is 2.74. The normalized spacial score (nSPS) is 15.0. The fourth-order valence-electron chi connectivity index (χ4n) is 1.53. The number of pyridine rings is 1. The van der Waals surface area contributed by atoms with Crippen molar-refractivity contribution >= 4 is 17.4 Å². The molecule has 0 spiro atoms. The smallest absolute Gasteiger partial charge is 0.167 e. The highest BCUT2D eigenvalue weighted by Gasteiger charge is 2.21. The highest BCUT2D eigenvalue weighted by atomic mass is 35.5. The monoisotopic (exact) mass is 258 g/mol. The van der Waals surface area contributed by atoms with Crippen LogP contribution in [0.1, 0.15) is 12.8 Å². The third kappa shape index (κ3) is 3.82. The van der Waals surface area contributed by atoms with E-state index in [-0.39, 0.29) is 0 Å². The van der Waals surface area contributed by atoms with Crippen LogP contribution in [0.4, 0.5) is 10.2 Å². The Labute approximate surface area is 106 Å². The summed E-state index contributed by atoms with van der Waals surface area (Å²) in [6.45, 7) is 2.04. The number of rotatable bonds is 6. The molecule has 1 saturated carbocycles. The molecule has 17 heavy (non-hydrogen) atoms. The second-order valence-corrected chi connectivity index (χ2v) is 4.84. The summed E-state index contributed by atoms with van der Waals surface area (Å²) in [5.74, 6) is 0.664. The highest BCUT2D eigenvalue weighted by molar-refractivity contribution is 6.30. The van der Waals surface area contributed by atoms with Gasteiger partial charge in [-0.2, -0.15) is 0 Å². The zero-order valence-corrected chi connectivity index (χ0v) is 10.6. The van der Waals surface area contributed by atoms with E-state index in [0.29, 0.717) is 24.0 Å². The van der Waals surface area contributed by atoms with Crippen molar-refractivity contribution in [3.63, 3.8) is 0 Å². The highest BCUT2D eigenvalue weighted by Crippen LogP contribution is 2.28. The van der Waals surface area contributed by atoms with Crippen LogP contribution in [-0.2, 0) is 4.74 Å². The molecule has 0 aromatic carbocycles. The molecule has 1 aromatic heterocycles. The van der Waals surface area contributed by atoms with Gasteiger partial charge in [-0.05, 0) is 24.8 Å². The van der Waals surface area contributed by atoms with Gasteiger partial charge in [0.25, 0.3) is 0 Å². The van der Waals surface area contributed by atoms with Gasteiger partial charge in [-0.1, -0.05) is 11.6 Å². The van der Waals surface area contributed by atoms with E-state index in [1.165, 1.54) is 25.1 Å². The number of hydrogen-bond acceptors (Lipinski definition) is 3. The zero-order chi connectivity index (χ0) is 12.3. The zero-order valence-electron chi connectivity index (χ0n) is 9.83. The van der Waals surface area contributed by atoms with Gasteiger partial charge < -0.3 is 9.64 Å². The lowest BCUT2D eigenvalue weighted by Crippen LogP contribution is -2.24. The number of hydrogen-bond donors (Lipinski definition) is 0. The number of anilines is 1. The molecule has 0 atom stereocenters. The Balaban J connectivity index is 1.78.